The highest BCUT2D eigenvalue weighted by Crippen LogP contribution is 2.21. The van der Waals surface area contributed by atoms with Crippen LogP contribution in [0.1, 0.15) is 11.1 Å². The summed E-state index contributed by atoms with van der Waals surface area (Å²) >= 11 is 0. The van der Waals surface area contributed by atoms with Gasteiger partial charge in [-0.15, -0.1) is 0 Å². The van der Waals surface area contributed by atoms with Crippen LogP contribution in [-0.2, 0) is 16.1 Å². The summed E-state index contributed by atoms with van der Waals surface area (Å²) in [4.78, 5) is 11.2. The zero-order valence-corrected chi connectivity index (χ0v) is 12.2. The number of para-hydroxylation sites is 1. The third-order valence-electron chi connectivity index (χ3n) is 3.47. The maximum Gasteiger partial charge on any atom is 0.384 e. The van der Waals surface area contributed by atoms with Crippen LogP contribution in [-0.4, -0.2) is 17.6 Å². The van der Waals surface area contributed by atoms with Gasteiger partial charge in [0.15, 0.2) is 0 Å². The number of carbonyl (C=O) groups is 1. The Labute approximate surface area is 129 Å². The number of ether oxygens (including phenoxy) is 1. The summed E-state index contributed by atoms with van der Waals surface area (Å²) in [5.74, 6) is 4.86. The van der Waals surface area contributed by atoms with Gasteiger partial charge in [0.2, 0.25) is 0 Å². The molecule has 3 nitrogen and oxygen atoms in total. The number of esters is 1. The summed E-state index contributed by atoms with van der Waals surface area (Å²) < 4.78 is 6.71. The van der Waals surface area contributed by atoms with Gasteiger partial charge in [0.1, 0.15) is 0 Å². The normalized spacial score (nSPS) is 10.0. The van der Waals surface area contributed by atoms with Gasteiger partial charge in [-0.25, -0.2) is 4.79 Å². The summed E-state index contributed by atoms with van der Waals surface area (Å²) in [5, 5.41) is 1.04. The minimum atomic E-state index is -0.528. The first-order chi connectivity index (χ1) is 10.8. The molecule has 22 heavy (non-hydrogen) atoms. The van der Waals surface area contributed by atoms with Crippen LogP contribution in [0.4, 0.5) is 0 Å². The molecule has 0 saturated carbocycles. The van der Waals surface area contributed by atoms with E-state index < -0.39 is 5.97 Å². The maximum atomic E-state index is 11.2. The van der Waals surface area contributed by atoms with Crippen LogP contribution in [0.3, 0.4) is 0 Å². The van der Waals surface area contributed by atoms with Crippen molar-refractivity contribution in [1.29, 1.82) is 0 Å². The Bertz CT molecular complexity index is 867. The molecule has 108 valence electrons. The Hall–Kier alpha value is -2.99. The van der Waals surface area contributed by atoms with Crippen LogP contribution in [0.15, 0.2) is 60.8 Å². The zero-order valence-electron chi connectivity index (χ0n) is 12.2. The molecule has 3 rings (SSSR count). The third-order valence-corrected chi connectivity index (χ3v) is 3.47. The average Bonchev–Trinajstić information content (AvgIpc) is 2.92. The first-order valence-corrected chi connectivity index (χ1v) is 6.99. The summed E-state index contributed by atoms with van der Waals surface area (Å²) in [6.07, 6.45) is 1.98. The topological polar surface area (TPSA) is 31.2 Å². The molecule has 1 heterocycles. The Balaban J connectivity index is 2.04. The van der Waals surface area contributed by atoms with Gasteiger partial charge in [-0.05, 0) is 11.6 Å². The molecule has 0 amide bonds. The van der Waals surface area contributed by atoms with Gasteiger partial charge in [-0.2, -0.15) is 0 Å². The fourth-order valence-corrected chi connectivity index (χ4v) is 2.43. The molecule has 0 radical (unpaired) electrons. The van der Waals surface area contributed by atoms with E-state index in [2.05, 4.69) is 39.3 Å². The molecule has 0 fully saturated rings. The first kappa shape index (κ1) is 14.0. The van der Waals surface area contributed by atoms with Crippen molar-refractivity contribution in [2.24, 2.45) is 0 Å². The second-order valence-electron chi connectivity index (χ2n) is 4.92. The van der Waals surface area contributed by atoms with E-state index in [0.717, 1.165) is 23.0 Å². The number of carbonyl (C=O) groups excluding carboxylic acids is 1. The van der Waals surface area contributed by atoms with Crippen LogP contribution in [0, 0.1) is 11.8 Å². The van der Waals surface area contributed by atoms with E-state index in [-0.39, 0.29) is 0 Å². The van der Waals surface area contributed by atoms with Crippen molar-refractivity contribution in [1.82, 2.24) is 4.57 Å². The number of hydrogen-bond donors (Lipinski definition) is 0. The molecule has 0 N–H and O–H groups in total. The zero-order chi connectivity index (χ0) is 15.4. The van der Waals surface area contributed by atoms with E-state index in [0.29, 0.717) is 0 Å². The highest BCUT2D eigenvalue weighted by Gasteiger charge is 2.07. The Kier molecular flexibility index (Phi) is 3.93. The third kappa shape index (κ3) is 2.87. The van der Waals surface area contributed by atoms with E-state index in [9.17, 15) is 4.79 Å². The van der Waals surface area contributed by atoms with Crippen molar-refractivity contribution >= 4 is 16.9 Å². The van der Waals surface area contributed by atoms with Gasteiger partial charge in [0.05, 0.1) is 12.7 Å². The van der Waals surface area contributed by atoms with Crippen LogP contribution in [0.5, 0.6) is 0 Å². The average molecular weight is 289 g/mol. The molecule has 0 aliphatic heterocycles. The highest BCUT2D eigenvalue weighted by atomic mass is 16.5. The fourth-order valence-electron chi connectivity index (χ4n) is 2.43. The Morgan fingerprint density at radius 1 is 1.09 bits per heavy atom. The minimum Gasteiger partial charge on any atom is -0.459 e. The minimum absolute atomic E-state index is 0.528. The smallest absolute Gasteiger partial charge is 0.384 e. The number of aromatic nitrogens is 1. The van der Waals surface area contributed by atoms with Gasteiger partial charge in [0, 0.05) is 29.6 Å². The number of nitrogens with zero attached hydrogens (tertiary/aromatic N) is 1. The molecule has 2 aromatic carbocycles. The van der Waals surface area contributed by atoms with Gasteiger partial charge in [-0.1, -0.05) is 54.5 Å². The summed E-state index contributed by atoms with van der Waals surface area (Å²) in [7, 11) is 1.33. The van der Waals surface area contributed by atoms with Crippen molar-refractivity contribution in [3.63, 3.8) is 0 Å². The van der Waals surface area contributed by atoms with E-state index >= 15 is 0 Å². The molecular weight excluding hydrogens is 274 g/mol. The van der Waals surface area contributed by atoms with Crippen molar-refractivity contribution < 1.29 is 9.53 Å². The lowest BCUT2D eigenvalue weighted by Gasteiger charge is -2.04. The highest BCUT2D eigenvalue weighted by molar-refractivity contribution is 5.92. The number of benzene rings is 2. The van der Waals surface area contributed by atoms with Crippen LogP contribution >= 0.6 is 0 Å². The first-order valence-electron chi connectivity index (χ1n) is 6.99. The largest absolute Gasteiger partial charge is 0.459 e. The lowest BCUT2D eigenvalue weighted by Crippen LogP contribution is -1.97. The van der Waals surface area contributed by atoms with E-state index in [1.807, 2.05) is 42.6 Å². The molecule has 1 aromatic heterocycles. The molecule has 0 unspecified atom stereocenters. The summed E-state index contributed by atoms with van der Waals surface area (Å²) in [6.45, 7) is 0.765. The number of methoxy groups -OCH3 is 1. The fraction of sp³-hybridized carbons (Fsp3) is 0.105. The lowest BCUT2D eigenvalue weighted by atomic mass is 10.2. The molecule has 3 aromatic rings. The van der Waals surface area contributed by atoms with Gasteiger partial charge in [-0.3, -0.25) is 0 Å². The Morgan fingerprint density at radius 2 is 1.82 bits per heavy atom. The van der Waals surface area contributed by atoms with Crippen molar-refractivity contribution in [2.45, 2.75) is 6.54 Å². The predicted molar refractivity (Wildman–Crippen MR) is 86.4 cm³/mol. The van der Waals surface area contributed by atoms with Gasteiger partial charge in [0.25, 0.3) is 0 Å². The standard InChI is InChI=1S/C19H15NO2/c1-22-19(21)12-11-16-14-20(13-15-7-3-2-4-8-15)18-10-6-5-9-17(16)18/h2-10,14H,13H2,1H3. The van der Waals surface area contributed by atoms with E-state index in [1.165, 1.54) is 12.7 Å². The number of hydrogen-bond acceptors (Lipinski definition) is 2. The Morgan fingerprint density at radius 3 is 2.59 bits per heavy atom. The molecule has 0 bridgehead atoms. The van der Waals surface area contributed by atoms with E-state index in [4.69, 9.17) is 0 Å². The van der Waals surface area contributed by atoms with E-state index in [1.54, 1.807) is 0 Å². The monoisotopic (exact) mass is 289 g/mol. The second-order valence-corrected chi connectivity index (χ2v) is 4.92. The quantitative estimate of drug-likeness (QED) is 0.536. The number of fused-ring (bicyclic) bond motifs is 1. The van der Waals surface area contributed by atoms with Crippen LogP contribution < -0.4 is 0 Å². The molecule has 0 atom stereocenters. The molecule has 0 saturated heterocycles. The SMILES string of the molecule is COC(=O)C#Cc1cn(Cc2ccccc2)c2ccccc12. The molecule has 0 aliphatic carbocycles. The van der Waals surface area contributed by atoms with Crippen LogP contribution in [0.25, 0.3) is 10.9 Å². The maximum absolute atomic E-state index is 11.2. The van der Waals surface area contributed by atoms with Gasteiger partial charge < -0.3 is 9.30 Å². The number of rotatable bonds is 2. The van der Waals surface area contributed by atoms with Gasteiger partial charge >= 0.3 is 5.97 Å². The molecule has 0 aliphatic rings. The summed E-state index contributed by atoms with van der Waals surface area (Å²) in [5.41, 5.74) is 3.15. The summed E-state index contributed by atoms with van der Waals surface area (Å²) in [6, 6.07) is 18.3. The van der Waals surface area contributed by atoms with Crippen molar-refractivity contribution in [3.05, 3.63) is 71.9 Å². The lowest BCUT2D eigenvalue weighted by molar-refractivity contribution is -0.133. The second kappa shape index (κ2) is 6.19. The molecule has 0 spiro atoms. The molecular formula is C19H15NO2. The predicted octanol–water partition coefficient (Wildman–Crippen LogP) is 3.21. The van der Waals surface area contributed by atoms with Crippen LogP contribution in [0.2, 0.25) is 0 Å². The molecule has 3 heteroatoms. The van der Waals surface area contributed by atoms with Crippen molar-refractivity contribution in [3.8, 4) is 11.8 Å². The van der Waals surface area contributed by atoms with Crippen molar-refractivity contribution in [2.75, 3.05) is 7.11 Å².